The molecule has 3 saturated heterocycles. The highest BCUT2D eigenvalue weighted by Crippen LogP contribution is 2.34. The fourth-order valence-corrected chi connectivity index (χ4v) is 3.75. The Morgan fingerprint density at radius 2 is 2.28 bits per heavy atom. The molecule has 0 N–H and O–H groups in total. The van der Waals surface area contributed by atoms with E-state index in [1.54, 1.807) is 11.3 Å². The number of nitrogens with zero attached hydrogens (tertiary/aromatic N) is 1. The van der Waals surface area contributed by atoms with Crippen LogP contribution in [0.2, 0.25) is 0 Å². The maximum absolute atomic E-state index is 11.8. The molecule has 1 aromatic heterocycles. The predicted octanol–water partition coefficient (Wildman–Crippen LogP) is 2.52. The summed E-state index contributed by atoms with van der Waals surface area (Å²) in [4.78, 5) is 15.5. The number of esters is 1. The normalized spacial score (nSPS) is 30.3. The number of thiophene rings is 1. The lowest BCUT2D eigenvalue weighted by Gasteiger charge is -2.44. The van der Waals surface area contributed by atoms with Gasteiger partial charge < -0.3 is 9.64 Å². The predicted molar refractivity (Wildman–Crippen MR) is 71.4 cm³/mol. The van der Waals surface area contributed by atoms with E-state index in [9.17, 15) is 4.79 Å². The molecule has 3 aliphatic heterocycles. The van der Waals surface area contributed by atoms with Crippen LogP contribution in [0, 0.1) is 11.8 Å². The first-order chi connectivity index (χ1) is 8.81. The van der Waals surface area contributed by atoms with E-state index in [1.165, 1.54) is 25.9 Å². The van der Waals surface area contributed by atoms with Gasteiger partial charge in [-0.15, -0.1) is 11.3 Å². The number of carbonyl (C=O) groups is 1. The molecule has 0 saturated carbocycles. The van der Waals surface area contributed by atoms with Crippen molar-refractivity contribution in [3.63, 3.8) is 0 Å². The smallest absolute Gasteiger partial charge is 0.306 e. The van der Waals surface area contributed by atoms with E-state index >= 15 is 0 Å². The average Bonchev–Trinajstić information content (AvgIpc) is 2.91. The zero-order valence-corrected chi connectivity index (χ0v) is 11.3. The highest BCUT2D eigenvalue weighted by Gasteiger charge is 2.35. The van der Waals surface area contributed by atoms with Crippen molar-refractivity contribution in [2.24, 2.45) is 11.8 Å². The van der Waals surface area contributed by atoms with Crippen molar-refractivity contribution in [3.8, 4) is 0 Å². The monoisotopic (exact) mass is 265 g/mol. The van der Waals surface area contributed by atoms with Crippen LogP contribution >= 0.6 is 11.3 Å². The van der Waals surface area contributed by atoms with Gasteiger partial charge in [0.15, 0.2) is 0 Å². The summed E-state index contributed by atoms with van der Waals surface area (Å²) in [5, 5.41) is 2.01. The fraction of sp³-hybridized carbons (Fsp3) is 0.643. The molecule has 3 nitrogen and oxygen atoms in total. The lowest BCUT2D eigenvalue weighted by Crippen LogP contribution is -2.48. The van der Waals surface area contributed by atoms with E-state index in [0.29, 0.717) is 18.9 Å². The fourth-order valence-electron chi connectivity index (χ4n) is 3.14. The van der Waals surface area contributed by atoms with Gasteiger partial charge in [-0.25, -0.2) is 0 Å². The molecule has 18 heavy (non-hydrogen) atoms. The SMILES string of the molecule is O=C(C[C@H]1CN2CCC1CC2)OCc1cccs1. The number of fused-ring (bicyclic) bond motifs is 3. The Morgan fingerprint density at radius 3 is 2.89 bits per heavy atom. The topological polar surface area (TPSA) is 29.5 Å². The standard InChI is InChI=1S/C14H19NO2S/c16-14(17-10-13-2-1-7-18-13)8-12-9-15-5-3-11(12)4-6-15/h1-2,7,11-12H,3-6,8-10H2/t12-/m0/s1. The van der Waals surface area contributed by atoms with Gasteiger partial charge >= 0.3 is 5.97 Å². The molecule has 2 bridgehead atoms. The summed E-state index contributed by atoms with van der Waals surface area (Å²) in [6, 6.07) is 3.99. The Hall–Kier alpha value is -0.870. The molecule has 1 aromatic rings. The molecule has 0 unspecified atom stereocenters. The second-order valence-electron chi connectivity index (χ2n) is 5.34. The lowest BCUT2D eigenvalue weighted by molar-refractivity contribution is -0.147. The lowest BCUT2D eigenvalue weighted by atomic mass is 9.77. The summed E-state index contributed by atoms with van der Waals surface area (Å²) >= 11 is 1.64. The van der Waals surface area contributed by atoms with Gasteiger partial charge in [0.05, 0.1) is 0 Å². The molecule has 0 aliphatic carbocycles. The third-order valence-corrected chi connectivity index (χ3v) is 5.03. The highest BCUT2D eigenvalue weighted by atomic mass is 32.1. The van der Waals surface area contributed by atoms with Crippen LogP contribution in [0.25, 0.3) is 0 Å². The van der Waals surface area contributed by atoms with Crippen LogP contribution in [0.3, 0.4) is 0 Å². The number of hydrogen-bond acceptors (Lipinski definition) is 4. The van der Waals surface area contributed by atoms with Gasteiger partial charge in [0, 0.05) is 17.8 Å². The number of rotatable bonds is 4. The molecule has 0 radical (unpaired) electrons. The van der Waals surface area contributed by atoms with E-state index in [4.69, 9.17) is 4.74 Å². The van der Waals surface area contributed by atoms with Crippen LogP contribution in [-0.2, 0) is 16.1 Å². The Morgan fingerprint density at radius 1 is 1.44 bits per heavy atom. The van der Waals surface area contributed by atoms with Crippen molar-refractivity contribution < 1.29 is 9.53 Å². The highest BCUT2D eigenvalue weighted by molar-refractivity contribution is 7.09. The van der Waals surface area contributed by atoms with Gasteiger partial charge in [0.2, 0.25) is 0 Å². The second-order valence-corrected chi connectivity index (χ2v) is 6.37. The summed E-state index contributed by atoms with van der Waals surface area (Å²) in [6.45, 7) is 3.99. The van der Waals surface area contributed by atoms with Gasteiger partial charge in [0.25, 0.3) is 0 Å². The van der Waals surface area contributed by atoms with Crippen molar-refractivity contribution in [2.75, 3.05) is 19.6 Å². The molecule has 3 aliphatic rings. The summed E-state index contributed by atoms with van der Waals surface area (Å²) in [7, 11) is 0. The van der Waals surface area contributed by atoms with Crippen molar-refractivity contribution in [3.05, 3.63) is 22.4 Å². The minimum absolute atomic E-state index is 0.0258. The molecule has 0 amide bonds. The Kier molecular flexibility index (Phi) is 3.66. The average molecular weight is 265 g/mol. The first-order valence-electron chi connectivity index (χ1n) is 6.71. The first-order valence-corrected chi connectivity index (χ1v) is 7.59. The molecule has 0 aromatic carbocycles. The largest absolute Gasteiger partial charge is 0.460 e. The number of hydrogen-bond donors (Lipinski definition) is 0. The number of piperidine rings is 3. The van der Waals surface area contributed by atoms with Gasteiger partial charge in [0.1, 0.15) is 6.61 Å². The molecule has 98 valence electrons. The van der Waals surface area contributed by atoms with Gasteiger partial charge in [-0.2, -0.15) is 0 Å². The van der Waals surface area contributed by atoms with Crippen LogP contribution < -0.4 is 0 Å². The minimum atomic E-state index is -0.0258. The molecule has 4 heterocycles. The van der Waals surface area contributed by atoms with Crippen LogP contribution in [0.5, 0.6) is 0 Å². The van der Waals surface area contributed by atoms with Crippen molar-refractivity contribution in [1.82, 2.24) is 4.90 Å². The number of ether oxygens (including phenoxy) is 1. The van der Waals surface area contributed by atoms with E-state index < -0.39 is 0 Å². The Bertz CT molecular complexity index is 396. The molecular weight excluding hydrogens is 246 g/mol. The zero-order valence-electron chi connectivity index (χ0n) is 10.5. The first kappa shape index (κ1) is 12.2. The third kappa shape index (κ3) is 2.75. The molecule has 4 rings (SSSR count). The summed E-state index contributed by atoms with van der Waals surface area (Å²) in [6.07, 6.45) is 3.14. The van der Waals surface area contributed by atoms with Crippen molar-refractivity contribution in [2.45, 2.75) is 25.9 Å². The van der Waals surface area contributed by atoms with Crippen LogP contribution in [0.4, 0.5) is 0 Å². The second kappa shape index (κ2) is 5.41. The zero-order chi connectivity index (χ0) is 12.4. The quantitative estimate of drug-likeness (QED) is 0.784. The maximum Gasteiger partial charge on any atom is 0.306 e. The molecule has 4 heteroatoms. The molecule has 3 fully saturated rings. The van der Waals surface area contributed by atoms with Crippen molar-refractivity contribution in [1.29, 1.82) is 0 Å². The van der Waals surface area contributed by atoms with Gasteiger partial charge in [-0.05, 0) is 49.2 Å². The summed E-state index contributed by atoms with van der Waals surface area (Å²) in [5.41, 5.74) is 0. The summed E-state index contributed by atoms with van der Waals surface area (Å²) in [5.74, 6) is 1.26. The summed E-state index contributed by atoms with van der Waals surface area (Å²) < 4.78 is 5.35. The van der Waals surface area contributed by atoms with E-state index in [1.807, 2.05) is 17.5 Å². The van der Waals surface area contributed by atoms with E-state index in [0.717, 1.165) is 17.3 Å². The number of carbonyl (C=O) groups excluding carboxylic acids is 1. The van der Waals surface area contributed by atoms with E-state index in [-0.39, 0.29) is 5.97 Å². The van der Waals surface area contributed by atoms with E-state index in [2.05, 4.69) is 4.90 Å². The van der Waals surface area contributed by atoms with Gasteiger partial charge in [-0.1, -0.05) is 6.07 Å². The maximum atomic E-state index is 11.8. The Labute approximate surface area is 112 Å². The van der Waals surface area contributed by atoms with Crippen LogP contribution in [0.15, 0.2) is 17.5 Å². The third-order valence-electron chi connectivity index (χ3n) is 4.18. The van der Waals surface area contributed by atoms with Crippen LogP contribution in [0.1, 0.15) is 24.1 Å². The molecule has 0 spiro atoms. The molecule has 1 atom stereocenters. The Balaban J connectivity index is 1.46. The molecular formula is C14H19NO2S. The van der Waals surface area contributed by atoms with Crippen molar-refractivity contribution >= 4 is 17.3 Å². The van der Waals surface area contributed by atoms with Crippen LogP contribution in [-0.4, -0.2) is 30.5 Å². The minimum Gasteiger partial charge on any atom is -0.460 e. The van der Waals surface area contributed by atoms with Gasteiger partial charge in [-0.3, -0.25) is 4.79 Å².